The van der Waals surface area contributed by atoms with E-state index in [1.807, 2.05) is 34.6 Å². The molecule has 26 heteroatoms. The molecule has 0 saturated heterocycles. The third-order valence-electron chi connectivity index (χ3n) is 16.7. The second kappa shape index (κ2) is 27.9. The lowest BCUT2D eigenvalue weighted by Gasteiger charge is -2.35. The predicted molar refractivity (Wildman–Crippen MR) is 327 cm³/mol. The zero-order valence-corrected chi connectivity index (χ0v) is 51.3. The summed E-state index contributed by atoms with van der Waals surface area (Å²) < 4.78 is 34.8. The zero-order chi connectivity index (χ0) is 64.7. The molecule has 476 valence electrons. The number of benzene rings is 2. The number of nitrogens with two attached hydrogens (primary N) is 2. The minimum atomic E-state index is -2.07. The molecule has 4 aromatic heterocycles. The third-order valence-corrected chi connectivity index (χ3v) is 16.7. The summed E-state index contributed by atoms with van der Waals surface area (Å²) in [5.41, 5.74) is 14.9. The van der Waals surface area contributed by atoms with Gasteiger partial charge < -0.3 is 70.7 Å². The Labute approximate surface area is 516 Å². The van der Waals surface area contributed by atoms with Crippen LogP contribution in [0.5, 0.6) is 11.5 Å². The molecule has 5 atom stereocenters. The van der Waals surface area contributed by atoms with Crippen molar-refractivity contribution >= 4 is 69.7 Å². The van der Waals surface area contributed by atoms with Crippen molar-refractivity contribution in [3.8, 4) is 34.3 Å². The van der Waals surface area contributed by atoms with Gasteiger partial charge in [0.25, 0.3) is 11.1 Å². The van der Waals surface area contributed by atoms with Crippen molar-refractivity contribution in [3.63, 3.8) is 0 Å². The number of aromatic amines is 1. The Bertz CT molecular complexity index is 3990. The topological polar surface area (TPSA) is 373 Å². The van der Waals surface area contributed by atoms with E-state index in [4.69, 9.17) is 49.9 Å². The van der Waals surface area contributed by atoms with Crippen molar-refractivity contribution in [2.45, 2.75) is 150 Å². The Balaban J connectivity index is 0.795. The second-order valence-electron chi connectivity index (χ2n) is 22.5. The van der Waals surface area contributed by atoms with Gasteiger partial charge in [-0.05, 0) is 124 Å². The molecular weight excluding hydrogens is 1160 g/mol. The van der Waals surface area contributed by atoms with Crippen molar-refractivity contribution in [1.29, 1.82) is 0 Å². The lowest BCUT2D eigenvalue weighted by Crippen LogP contribution is -2.48. The molecule has 90 heavy (non-hydrogen) atoms. The molecular formula is C64H74N10O16. The van der Waals surface area contributed by atoms with E-state index in [0.717, 1.165) is 34.9 Å². The Morgan fingerprint density at radius 3 is 1.93 bits per heavy atom. The molecule has 0 aliphatic carbocycles. The van der Waals surface area contributed by atoms with E-state index in [9.17, 15) is 47.9 Å². The van der Waals surface area contributed by atoms with E-state index >= 15 is 0 Å². The van der Waals surface area contributed by atoms with Crippen LogP contribution in [0.1, 0.15) is 137 Å². The maximum Gasteiger partial charge on any atom is 0.412 e. The van der Waals surface area contributed by atoms with Crippen LogP contribution in [0.4, 0.5) is 9.59 Å². The third kappa shape index (κ3) is 13.7. The Kier molecular flexibility index (Phi) is 20.1. The smallest absolute Gasteiger partial charge is 0.412 e. The highest BCUT2D eigenvalue weighted by atomic mass is 16.6. The van der Waals surface area contributed by atoms with Crippen molar-refractivity contribution in [3.05, 3.63) is 114 Å². The number of carbonyl (C=O) groups is 8. The highest BCUT2D eigenvalue weighted by Crippen LogP contribution is 2.43. The zero-order valence-electron chi connectivity index (χ0n) is 51.3. The summed E-state index contributed by atoms with van der Waals surface area (Å²) in [6.45, 7) is 11.4. The lowest BCUT2D eigenvalue weighted by atomic mass is 9.85. The van der Waals surface area contributed by atoms with Gasteiger partial charge in [0.1, 0.15) is 37.8 Å². The average Bonchev–Trinajstić information content (AvgIpc) is 1.47. The van der Waals surface area contributed by atoms with Crippen LogP contribution in [0.25, 0.3) is 44.6 Å². The molecule has 2 aromatic carbocycles. The number of carbonyl (C=O) groups excluding carboxylic acids is 8. The summed E-state index contributed by atoms with van der Waals surface area (Å²) in [5, 5.41) is 11.8. The lowest BCUT2D eigenvalue weighted by molar-refractivity contribution is -0.189. The molecule has 3 aliphatic heterocycles. The van der Waals surface area contributed by atoms with Gasteiger partial charge in [0, 0.05) is 65.0 Å². The highest BCUT2D eigenvalue weighted by molar-refractivity contribution is 5.93. The molecule has 9 N–H and O–H groups in total. The number of fused-ring (bicyclic) bond motifs is 7. The number of amides is 4. The van der Waals surface area contributed by atoms with Crippen molar-refractivity contribution in [1.82, 2.24) is 40.8 Å². The minimum Gasteiger partial charge on any atom is -0.458 e. The predicted octanol–water partition coefficient (Wildman–Crippen LogP) is 5.39. The average molecular weight is 1240 g/mol. The molecule has 2 unspecified atom stereocenters. The second-order valence-corrected chi connectivity index (χ2v) is 22.5. The van der Waals surface area contributed by atoms with Crippen molar-refractivity contribution in [2.24, 2.45) is 17.4 Å². The van der Waals surface area contributed by atoms with Gasteiger partial charge in [-0.1, -0.05) is 41.5 Å². The maximum absolute atomic E-state index is 14.3. The van der Waals surface area contributed by atoms with Crippen LogP contribution in [0.15, 0.2) is 58.1 Å². The standard InChI is InChI=1S/C64H74N10O16/c1-8-34(65)19-21-67-62(83)87-36-14-16-47-40(23-36)38(10-3)33(7)54(71-47)49-25-42-44(58(79)73-49)30-85-60(81)56(42)89-52(76)27-70-57(78)32(6)13-18-51(75)69-28-53(77)90-64(12-5)46-26-50-55-43(29-74(50)59(80)45(46)31-86-61(64)82)39(11-4)41-24-37(15-17-48(41)72-55)88-63(84)68-22-20-35(66)9-2/h14-17,23-26,32,34-35,56H,8-13,18-22,27-31,65-66H2,1-7H3,(H,67,83)(H,68,84)(H,69,75)(H,70,78)(H,73,79)/t32-,34?,35?,56-,64-/m0/s1. The quantitative estimate of drug-likeness (QED) is 0.0294. The van der Waals surface area contributed by atoms with Gasteiger partial charge in [0.2, 0.25) is 23.5 Å². The maximum atomic E-state index is 14.3. The van der Waals surface area contributed by atoms with Gasteiger partial charge in [0.05, 0.1) is 51.5 Å². The molecule has 0 radical (unpaired) electrons. The number of nitrogens with zero attached hydrogens (tertiary/aromatic N) is 3. The van der Waals surface area contributed by atoms with E-state index in [1.54, 1.807) is 49.4 Å². The number of aryl methyl sites for hydroxylation is 2. The molecule has 9 rings (SSSR count). The number of cyclic esters (lactones) is 2. The van der Waals surface area contributed by atoms with Gasteiger partial charge in [0.15, 0.2) is 0 Å². The van der Waals surface area contributed by atoms with Crippen LogP contribution >= 0.6 is 0 Å². The Morgan fingerprint density at radius 1 is 0.722 bits per heavy atom. The highest BCUT2D eigenvalue weighted by Gasteiger charge is 2.50. The van der Waals surface area contributed by atoms with Gasteiger partial charge in [-0.15, -0.1) is 0 Å². The fraction of sp³-hybridized carbons (Fsp3) is 0.438. The number of esters is 4. The van der Waals surface area contributed by atoms with E-state index < -0.39 is 96.3 Å². The normalized spacial score (nSPS) is 16.4. The first-order valence-corrected chi connectivity index (χ1v) is 30.3. The molecule has 7 heterocycles. The number of aromatic nitrogens is 4. The van der Waals surface area contributed by atoms with E-state index in [0.29, 0.717) is 89.3 Å². The van der Waals surface area contributed by atoms with Crippen LogP contribution in [-0.2, 0) is 85.9 Å². The summed E-state index contributed by atoms with van der Waals surface area (Å²) in [6, 6.07) is 13.1. The number of ether oxygens (including phenoxy) is 6. The van der Waals surface area contributed by atoms with Gasteiger partial charge in [-0.3, -0.25) is 28.8 Å². The number of hydrogen-bond donors (Lipinski definition) is 7. The van der Waals surface area contributed by atoms with Gasteiger partial charge >= 0.3 is 36.1 Å². The molecule has 0 bridgehead atoms. The number of pyridine rings is 4. The molecule has 26 nitrogen and oxygen atoms in total. The largest absolute Gasteiger partial charge is 0.458 e. The monoisotopic (exact) mass is 1240 g/mol. The van der Waals surface area contributed by atoms with Crippen molar-refractivity contribution < 1.29 is 66.8 Å². The summed E-state index contributed by atoms with van der Waals surface area (Å²) in [6.07, 6.45) is 0.430. The van der Waals surface area contributed by atoms with Gasteiger partial charge in [-0.25, -0.2) is 29.1 Å². The summed E-state index contributed by atoms with van der Waals surface area (Å²) in [5.74, 6) is -5.46. The molecule has 0 fully saturated rings. The molecule has 4 amide bonds. The van der Waals surface area contributed by atoms with Crippen LogP contribution in [0.3, 0.4) is 0 Å². The van der Waals surface area contributed by atoms with Crippen molar-refractivity contribution in [2.75, 3.05) is 26.2 Å². The first-order valence-electron chi connectivity index (χ1n) is 30.3. The number of H-pyrrole nitrogens is 1. The Morgan fingerprint density at radius 2 is 1.32 bits per heavy atom. The van der Waals surface area contributed by atoms with Crippen LogP contribution in [-0.4, -0.2) is 106 Å². The number of nitrogens with one attached hydrogen (secondary N) is 5. The van der Waals surface area contributed by atoms with E-state index in [2.05, 4.69) is 26.3 Å². The Hall–Kier alpha value is -9.56. The van der Waals surface area contributed by atoms with Crippen LogP contribution in [0, 0.1) is 12.8 Å². The SMILES string of the molecule is CCc1c(C)c(-c2cc3c(c(=O)[nH]2)COC(=O)[C@H]3OC(=O)CNC(=O)[C@@H](C)CCC(=O)NCC(=O)O[C@]2(CC)C(=O)OCc3c2cc2n(c3=O)Cc3c-2nc2ccc(OC(=O)NCCC(N)CC)cc2c3CC)nc2ccc(OC(=O)NCCC(N)CC)cc12. The fourth-order valence-electron chi connectivity index (χ4n) is 11.4. The van der Waals surface area contributed by atoms with Crippen LogP contribution < -0.4 is 53.3 Å². The van der Waals surface area contributed by atoms with Crippen LogP contribution in [0.2, 0.25) is 0 Å². The molecule has 3 aliphatic rings. The van der Waals surface area contributed by atoms with Gasteiger partial charge in [-0.2, -0.15) is 0 Å². The molecule has 6 aromatic rings. The minimum absolute atomic E-state index is 0.0414. The summed E-state index contributed by atoms with van der Waals surface area (Å²) >= 11 is 0. The number of rotatable bonds is 24. The first-order chi connectivity index (χ1) is 43.1. The molecule has 0 spiro atoms. The van der Waals surface area contributed by atoms with E-state index in [1.165, 1.54) is 17.6 Å². The van der Waals surface area contributed by atoms with E-state index in [-0.39, 0.29) is 72.4 Å². The first kappa shape index (κ1) is 64.9. The summed E-state index contributed by atoms with van der Waals surface area (Å²) in [4.78, 5) is 146. The summed E-state index contributed by atoms with van der Waals surface area (Å²) in [7, 11) is 0. The fourth-order valence-corrected chi connectivity index (χ4v) is 11.4. The molecule has 0 saturated carbocycles. The number of hydrogen-bond acceptors (Lipinski definition) is 20.